The molecule has 17 nitrogen and oxygen atoms in total. The molecule has 94 heavy (non-hydrogen) atoms. The molecule has 0 saturated carbocycles. The number of phosphoric ester groups is 2. The van der Waals surface area contributed by atoms with Crippen LogP contribution in [0.4, 0.5) is 0 Å². The number of unbranched alkanes of at least 4 members (excludes halogenated alkanes) is 50. The smallest absolute Gasteiger partial charge is 0.462 e. The van der Waals surface area contributed by atoms with Crippen molar-refractivity contribution in [2.24, 2.45) is 0 Å². The number of ether oxygens (including phenoxy) is 4. The van der Waals surface area contributed by atoms with Gasteiger partial charge in [0.25, 0.3) is 0 Å². The summed E-state index contributed by atoms with van der Waals surface area (Å²) in [5, 5.41) is 10.6. The first kappa shape index (κ1) is 92.1. The maximum Gasteiger partial charge on any atom is 0.472 e. The Bertz CT molecular complexity index is 1790. The quantitative estimate of drug-likeness (QED) is 0.0222. The minimum Gasteiger partial charge on any atom is -0.462 e. The fourth-order valence-corrected chi connectivity index (χ4v) is 13.2. The van der Waals surface area contributed by atoms with Crippen molar-refractivity contribution in [3.05, 3.63) is 0 Å². The molecule has 0 radical (unpaired) electrons. The maximum atomic E-state index is 13.1. The van der Waals surface area contributed by atoms with Crippen LogP contribution in [0.5, 0.6) is 0 Å². The summed E-state index contributed by atoms with van der Waals surface area (Å²) < 4.78 is 68.3. The molecule has 0 aromatic heterocycles. The minimum atomic E-state index is -4.95. The van der Waals surface area contributed by atoms with Crippen LogP contribution < -0.4 is 0 Å². The second-order valence-corrected chi connectivity index (χ2v) is 29.9. The van der Waals surface area contributed by atoms with E-state index in [9.17, 15) is 43.2 Å². The molecule has 0 aliphatic heterocycles. The summed E-state index contributed by atoms with van der Waals surface area (Å²) in [5.74, 6) is -2.12. The van der Waals surface area contributed by atoms with Gasteiger partial charge in [0, 0.05) is 25.7 Å². The van der Waals surface area contributed by atoms with Gasteiger partial charge in [0.05, 0.1) is 26.4 Å². The highest BCUT2D eigenvalue weighted by Gasteiger charge is 2.30. The summed E-state index contributed by atoms with van der Waals surface area (Å²) >= 11 is 0. The number of aliphatic hydroxyl groups excluding tert-OH is 1. The zero-order valence-electron chi connectivity index (χ0n) is 60.9. The molecular formula is C75H146O17P2. The average molecular weight is 1380 g/mol. The number of phosphoric acid groups is 2. The number of hydrogen-bond acceptors (Lipinski definition) is 15. The largest absolute Gasteiger partial charge is 0.472 e. The summed E-state index contributed by atoms with van der Waals surface area (Å²) in [7, 11) is -9.90. The SMILES string of the molecule is CCCCCCCCCCCCCCCCCCCCCCCCC(=O)O[C@H](COC(=O)CCCCCCCCCCCCCCCC)COP(=O)(O)OC[C@@H](O)COP(=O)(O)OC[C@@H](COC(=O)CCCCCCCCCC)OC(=O)CCCCCCCCCCCC. The van der Waals surface area contributed by atoms with E-state index in [1.165, 1.54) is 225 Å². The molecule has 19 heteroatoms. The number of rotatable bonds is 76. The lowest BCUT2D eigenvalue weighted by atomic mass is 10.0. The highest BCUT2D eigenvalue weighted by molar-refractivity contribution is 7.47. The van der Waals surface area contributed by atoms with Crippen LogP contribution in [0.25, 0.3) is 0 Å². The molecule has 0 spiro atoms. The molecule has 0 fully saturated rings. The van der Waals surface area contributed by atoms with Crippen molar-refractivity contribution >= 4 is 39.5 Å². The van der Waals surface area contributed by atoms with Crippen LogP contribution in [0, 0.1) is 0 Å². The second kappa shape index (κ2) is 69.5. The first-order valence-electron chi connectivity index (χ1n) is 39.3. The molecule has 3 N–H and O–H groups in total. The topological polar surface area (TPSA) is 237 Å². The van der Waals surface area contributed by atoms with Gasteiger partial charge in [0.2, 0.25) is 0 Å². The van der Waals surface area contributed by atoms with Crippen LogP contribution in [-0.4, -0.2) is 96.7 Å². The Morgan fingerprint density at radius 3 is 0.628 bits per heavy atom. The van der Waals surface area contributed by atoms with Crippen LogP contribution >= 0.6 is 15.6 Å². The normalized spacial score (nSPS) is 13.9. The van der Waals surface area contributed by atoms with E-state index in [1.54, 1.807) is 0 Å². The van der Waals surface area contributed by atoms with Crippen molar-refractivity contribution in [1.82, 2.24) is 0 Å². The van der Waals surface area contributed by atoms with Crippen molar-refractivity contribution in [1.29, 1.82) is 0 Å². The van der Waals surface area contributed by atoms with Gasteiger partial charge < -0.3 is 33.8 Å². The Morgan fingerprint density at radius 2 is 0.426 bits per heavy atom. The van der Waals surface area contributed by atoms with E-state index < -0.39 is 97.5 Å². The Balaban J connectivity index is 5.14. The van der Waals surface area contributed by atoms with Gasteiger partial charge in [-0.15, -0.1) is 0 Å². The van der Waals surface area contributed by atoms with Crippen molar-refractivity contribution < 1.29 is 80.2 Å². The van der Waals surface area contributed by atoms with Gasteiger partial charge >= 0.3 is 39.5 Å². The van der Waals surface area contributed by atoms with Crippen LogP contribution in [0.15, 0.2) is 0 Å². The van der Waals surface area contributed by atoms with Crippen LogP contribution in [0.1, 0.15) is 400 Å². The third-order valence-electron chi connectivity index (χ3n) is 17.6. The van der Waals surface area contributed by atoms with Gasteiger partial charge in [0.15, 0.2) is 12.2 Å². The summed E-state index contributed by atoms with van der Waals surface area (Å²) in [6.07, 6.45) is 59.8. The lowest BCUT2D eigenvalue weighted by Crippen LogP contribution is -2.30. The number of carbonyl (C=O) groups is 4. The molecule has 558 valence electrons. The second-order valence-electron chi connectivity index (χ2n) is 27.0. The van der Waals surface area contributed by atoms with Crippen molar-refractivity contribution in [3.63, 3.8) is 0 Å². The molecule has 2 unspecified atom stereocenters. The van der Waals surface area contributed by atoms with Crippen molar-refractivity contribution in [2.45, 2.75) is 418 Å². The molecule has 0 rings (SSSR count). The van der Waals surface area contributed by atoms with E-state index in [0.29, 0.717) is 25.7 Å². The zero-order chi connectivity index (χ0) is 69.0. The van der Waals surface area contributed by atoms with Crippen LogP contribution in [0.2, 0.25) is 0 Å². The molecule has 0 heterocycles. The first-order chi connectivity index (χ1) is 45.7. The van der Waals surface area contributed by atoms with E-state index in [0.717, 1.165) is 96.3 Å². The number of carbonyl (C=O) groups excluding carboxylic acids is 4. The summed E-state index contributed by atoms with van der Waals surface area (Å²) in [5.41, 5.74) is 0. The average Bonchev–Trinajstić information content (AvgIpc) is 1.39. The summed E-state index contributed by atoms with van der Waals surface area (Å²) in [6.45, 7) is 4.94. The molecule has 0 saturated heterocycles. The summed E-state index contributed by atoms with van der Waals surface area (Å²) in [6, 6.07) is 0. The van der Waals surface area contributed by atoms with Gasteiger partial charge in [-0.05, 0) is 25.7 Å². The molecule has 5 atom stereocenters. The van der Waals surface area contributed by atoms with Crippen LogP contribution in [-0.2, 0) is 65.4 Å². The van der Waals surface area contributed by atoms with Gasteiger partial charge in [-0.25, -0.2) is 9.13 Å². The highest BCUT2D eigenvalue weighted by atomic mass is 31.2. The maximum absolute atomic E-state index is 13.1. The fourth-order valence-electron chi connectivity index (χ4n) is 11.6. The first-order valence-corrected chi connectivity index (χ1v) is 42.3. The molecule has 0 aromatic carbocycles. The fraction of sp³-hybridized carbons (Fsp3) is 0.947. The monoisotopic (exact) mass is 1380 g/mol. The van der Waals surface area contributed by atoms with Crippen molar-refractivity contribution in [3.8, 4) is 0 Å². The van der Waals surface area contributed by atoms with E-state index >= 15 is 0 Å². The highest BCUT2D eigenvalue weighted by Crippen LogP contribution is 2.45. The predicted molar refractivity (Wildman–Crippen MR) is 382 cm³/mol. The molecule has 0 aliphatic rings. The van der Waals surface area contributed by atoms with Crippen LogP contribution in [0.3, 0.4) is 0 Å². The number of hydrogen-bond donors (Lipinski definition) is 3. The van der Waals surface area contributed by atoms with Gasteiger partial charge in [-0.3, -0.25) is 37.3 Å². The minimum absolute atomic E-state index is 0.107. The summed E-state index contributed by atoms with van der Waals surface area (Å²) in [4.78, 5) is 72.6. The van der Waals surface area contributed by atoms with Gasteiger partial charge in [-0.2, -0.15) is 0 Å². The third-order valence-corrected chi connectivity index (χ3v) is 19.5. The standard InChI is InChI=1S/C75H146O17P2/c1-5-9-13-17-21-25-28-30-32-33-34-35-36-37-38-39-41-43-46-50-54-58-62-75(80)92-71(66-86-73(78)60-56-52-48-45-42-40-31-29-26-22-18-14-10-6-2)68-90-94(83,84)88-64-69(76)63-87-93(81,82)89-67-70(65-85-72(77)59-55-51-47-24-20-16-12-8-4)91-74(79)61-57-53-49-44-27-23-19-15-11-7-3/h69-71,76H,5-68H2,1-4H3,(H,81,82)(H,83,84)/t69-,70+,71+/m0/s1. The zero-order valence-corrected chi connectivity index (χ0v) is 62.7. The van der Waals surface area contributed by atoms with E-state index in [4.69, 9.17) is 37.0 Å². The number of aliphatic hydroxyl groups is 1. The molecule has 0 bridgehead atoms. The molecule has 0 aliphatic carbocycles. The Labute approximate surface area is 575 Å². The van der Waals surface area contributed by atoms with Crippen molar-refractivity contribution in [2.75, 3.05) is 39.6 Å². The molecular weight excluding hydrogens is 1230 g/mol. The van der Waals surface area contributed by atoms with E-state index in [-0.39, 0.29) is 25.7 Å². The Kier molecular flexibility index (Phi) is 68.1. The lowest BCUT2D eigenvalue weighted by Gasteiger charge is -2.21. The van der Waals surface area contributed by atoms with Gasteiger partial charge in [-0.1, -0.05) is 349 Å². The molecule has 0 amide bonds. The number of esters is 4. The Morgan fingerprint density at radius 1 is 0.255 bits per heavy atom. The predicted octanol–water partition coefficient (Wildman–Crippen LogP) is 22.2. The Hall–Kier alpha value is -1.94. The lowest BCUT2D eigenvalue weighted by molar-refractivity contribution is -0.161. The third kappa shape index (κ3) is 68.6. The van der Waals surface area contributed by atoms with E-state index in [1.807, 2.05) is 0 Å². The molecule has 0 aromatic rings. The van der Waals surface area contributed by atoms with Gasteiger partial charge in [0.1, 0.15) is 19.3 Å². The van der Waals surface area contributed by atoms with E-state index in [2.05, 4.69) is 27.7 Å².